The smallest absolute Gasteiger partial charge is 0.345 e. The summed E-state index contributed by atoms with van der Waals surface area (Å²) in [6.45, 7) is 2.71. The number of unbranched alkanes of at least 4 members (excludes halogenated alkanes) is 2. The van der Waals surface area contributed by atoms with Crippen molar-refractivity contribution in [3.8, 4) is 0 Å². The van der Waals surface area contributed by atoms with Gasteiger partial charge in [0.05, 0.1) is 18.7 Å². The number of esters is 1. The highest BCUT2D eigenvalue weighted by atomic mass is 16.5. The molecular formula is C14H22N4O3. The average Bonchev–Trinajstić information content (AvgIpc) is 2.51. The number of urea groups is 1. The average molecular weight is 294 g/mol. The van der Waals surface area contributed by atoms with Gasteiger partial charge >= 0.3 is 12.0 Å². The molecule has 0 spiro atoms. The third kappa shape index (κ3) is 5.80. The van der Waals surface area contributed by atoms with E-state index in [0.717, 1.165) is 29.8 Å². The van der Waals surface area contributed by atoms with Gasteiger partial charge in [-0.15, -0.1) is 0 Å². The van der Waals surface area contributed by atoms with Crippen LogP contribution in [0.4, 0.5) is 4.79 Å². The van der Waals surface area contributed by atoms with Crippen molar-refractivity contribution in [1.29, 1.82) is 0 Å². The monoisotopic (exact) mass is 294 g/mol. The maximum Gasteiger partial charge on any atom is 0.345 e. The minimum atomic E-state index is -0.589. The molecule has 0 radical (unpaired) electrons. The van der Waals surface area contributed by atoms with Crippen LogP contribution >= 0.6 is 0 Å². The number of nitrogens with zero attached hydrogens (tertiary/aromatic N) is 1. The second-order valence-corrected chi connectivity index (χ2v) is 4.62. The zero-order valence-corrected chi connectivity index (χ0v) is 12.2. The molecule has 5 N–H and O–H groups in total. The number of hydrazine groups is 2. The predicted octanol–water partition coefficient (Wildman–Crippen LogP) is 1.29. The van der Waals surface area contributed by atoms with E-state index in [1.54, 1.807) is 24.3 Å². The minimum absolute atomic E-state index is 0.189. The van der Waals surface area contributed by atoms with Crippen LogP contribution in [-0.2, 0) is 11.3 Å². The Morgan fingerprint density at radius 1 is 1.24 bits per heavy atom. The number of hydrogen-bond acceptors (Lipinski definition) is 5. The zero-order chi connectivity index (χ0) is 15.7. The first-order valence-corrected chi connectivity index (χ1v) is 6.87. The van der Waals surface area contributed by atoms with Crippen LogP contribution < -0.4 is 17.1 Å². The molecule has 0 saturated heterocycles. The molecule has 0 heterocycles. The Kier molecular flexibility index (Phi) is 7.20. The number of hydrogen-bond donors (Lipinski definition) is 3. The summed E-state index contributed by atoms with van der Waals surface area (Å²) in [5, 5.41) is 0.943. The van der Waals surface area contributed by atoms with Crippen molar-refractivity contribution >= 4 is 12.0 Å². The van der Waals surface area contributed by atoms with E-state index in [9.17, 15) is 9.59 Å². The van der Waals surface area contributed by atoms with Gasteiger partial charge < -0.3 is 4.74 Å². The Bertz CT molecular complexity index is 462. The summed E-state index contributed by atoms with van der Waals surface area (Å²) in [4.78, 5) is 22.9. The lowest BCUT2D eigenvalue weighted by molar-refractivity contribution is 0.0498. The number of ether oxygens (including phenoxy) is 1. The lowest BCUT2D eigenvalue weighted by Gasteiger charge is -2.15. The molecule has 1 aromatic rings. The van der Waals surface area contributed by atoms with Gasteiger partial charge in [0.1, 0.15) is 0 Å². The molecule has 0 saturated carbocycles. The van der Waals surface area contributed by atoms with Gasteiger partial charge in [0, 0.05) is 0 Å². The summed E-state index contributed by atoms with van der Waals surface area (Å²) in [6, 6.07) is 6.13. The highest BCUT2D eigenvalue weighted by Crippen LogP contribution is 2.08. The summed E-state index contributed by atoms with van der Waals surface area (Å²) in [5.41, 5.74) is 3.19. The molecule has 0 fully saturated rings. The molecule has 0 aliphatic carbocycles. The molecule has 0 atom stereocenters. The topological polar surface area (TPSA) is 111 Å². The summed E-state index contributed by atoms with van der Waals surface area (Å²) < 4.78 is 5.15. The van der Waals surface area contributed by atoms with Crippen molar-refractivity contribution in [3.05, 3.63) is 35.4 Å². The van der Waals surface area contributed by atoms with Crippen molar-refractivity contribution in [2.75, 3.05) is 6.61 Å². The molecule has 21 heavy (non-hydrogen) atoms. The molecule has 0 bridgehead atoms. The van der Waals surface area contributed by atoms with Crippen LogP contribution in [-0.4, -0.2) is 23.6 Å². The number of amides is 2. The molecule has 1 aromatic carbocycles. The van der Waals surface area contributed by atoms with Crippen molar-refractivity contribution in [2.24, 2.45) is 11.7 Å². The van der Waals surface area contributed by atoms with Gasteiger partial charge in [-0.3, -0.25) is 10.4 Å². The largest absolute Gasteiger partial charge is 0.462 e. The maximum atomic E-state index is 11.8. The Balaban J connectivity index is 2.49. The van der Waals surface area contributed by atoms with Crippen LogP contribution in [0.5, 0.6) is 0 Å². The van der Waals surface area contributed by atoms with E-state index < -0.39 is 6.03 Å². The summed E-state index contributed by atoms with van der Waals surface area (Å²) >= 11 is 0. The second-order valence-electron chi connectivity index (χ2n) is 4.62. The van der Waals surface area contributed by atoms with Gasteiger partial charge in [0.25, 0.3) is 0 Å². The van der Waals surface area contributed by atoms with Crippen LogP contribution in [0.1, 0.15) is 42.1 Å². The number of carbonyl (C=O) groups excluding carboxylic acids is 2. The van der Waals surface area contributed by atoms with Crippen molar-refractivity contribution in [2.45, 2.75) is 32.7 Å². The van der Waals surface area contributed by atoms with Crippen molar-refractivity contribution in [1.82, 2.24) is 10.4 Å². The molecule has 7 nitrogen and oxygen atoms in total. The molecule has 0 aromatic heterocycles. The van der Waals surface area contributed by atoms with E-state index in [0.29, 0.717) is 12.2 Å². The van der Waals surface area contributed by atoms with E-state index in [-0.39, 0.29) is 12.5 Å². The highest BCUT2D eigenvalue weighted by Gasteiger charge is 2.10. The number of rotatable bonds is 7. The number of carbonyl (C=O) groups is 2. The van der Waals surface area contributed by atoms with Gasteiger partial charge in [-0.25, -0.2) is 21.3 Å². The van der Waals surface area contributed by atoms with Crippen LogP contribution in [0.2, 0.25) is 0 Å². The predicted molar refractivity (Wildman–Crippen MR) is 78.7 cm³/mol. The van der Waals surface area contributed by atoms with Gasteiger partial charge in [-0.05, 0) is 24.1 Å². The Hall–Kier alpha value is -2.12. The fourth-order valence-electron chi connectivity index (χ4n) is 1.70. The van der Waals surface area contributed by atoms with Gasteiger partial charge in [-0.1, -0.05) is 31.9 Å². The summed E-state index contributed by atoms with van der Waals surface area (Å²) in [7, 11) is 0. The quantitative estimate of drug-likeness (QED) is 0.231. The summed E-state index contributed by atoms with van der Waals surface area (Å²) in [6.07, 6.45) is 3.00. The van der Waals surface area contributed by atoms with Gasteiger partial charge in [0.2, 0.25) is 0 Å². The summed E-state index contributed by atoms with van der Waals surface area (Å²) in [5.74, 6) is 10.1. The highest BCUT2D eigenvalue weighted by molar-refractivity contribution is 5.89. The van der Waals surface area contributed by atoms with Crippen LogP contribution in [0.25, 0.3) is 0 Å². The maximum absolute atomic E-state index is 11.8. The second kappa shape index (κ2) is 8.93. The first kappa shape index (κ1) is 16.9. The molecule has 0 aliphatic rings. The normalized spacial score (nSPS) is 10.0. The number of nitrogens with one attached hydrogen (secondary N) is 1. The van der Waals surface area contributed by atoms with Crippen molar-refractivity contribution in [3.63, 3.8) is 0 Å². The van der Waals surface area contributed by atoms with Crippen LogP contribution in [0.3, 0.4) is 0 Å². The first-order chi connectivity index (χ1) is 10.1. The molecular weight excluding hydrogens is 272 g/mol. The third-order valence-corrected chi connectivity index (χ3v) is 2.91. The molecule has 1 rings (SSSR count). The Morgan fingerprint density at radius 3 is 2.48 bits per heavy atom. The van der Waals surface area contributed by atoms with E-state index in [4.69, 9.17) is 16.4 Å². The molecule has 0 unspecified atom stereocenters. The molecule has 0 aliphatic heterocycles. The molecule has 116 valence electrons. The standard InChI is InChI=1S/C14H22N4O3/c1-2-3-4-9-21-13(19)12-7-5-11(6-8-12)10-18(16)14(20)17-15/h5-8H,2-4,9-10,15-16H2,1H3,(H,17,20). The van der Waals surface area contributed by atoms with Gasteiger partial charge in [-0.2, -0.15) is 0 Å². The molecule has 2 amide bonds. The fraction of sp³-hybridized carbons (Fsp3) is 0.429. The van der Waals surface area contributed by atoms with E-state index in [2.05, 4.69) is 6.92 Å². The number of benzene rings is 1. The Labute approximate surface area is 124 Å². The first-order valence-electron chi connectivity index (χ1n) is 6.87. The van der Waals surface area contributed by atoms with E-state index >= 15 is 0 Å². The lowest BCUT2D eigenvalue weighted by Crippen LogP contribution is -2.46. The number of nitrogens with two attached hydrogens (primary N) is 2. The van der Waals surface area contributed by atoms with Crippen molar-refractivity contribution < 1.29 is 14.3 Å². The zero-order valence-electron chi connectivity index (χ0n) is 12.2. The Morgan fingerprint density at radius 2 is 1.90 bits per heavy atom. The van der Waals surface area contributed by atoms with E-state index in [1.807, 2.05) is 5.43 Å². The van der Waals surface area contributed by atoms with Crippen LogP contribution in [0, 0.1) is 0 Å². The van der Waals surface area contributed by atoms with Gasteiger partial charge in [0.15, 0.2) is 0 Å². The third-order valence-electron chi connectivity index (χ3n) is 2.91. The van der Waals surface area contributed by atoms with Crippen LogP contribution in [0.15, 0.2) is 24.3 Å². The lowest BCUT2D eigenvalue weighted by atomic mass is 10.1. The molecule has 7 heteroatoms. The fourth-order valence-corrected chi connectivity index (χ4v) is 1.70. The minimum Gasteiger partial charge on any atom is -0.462 e. The SMILES string of the molecule is CCCCCOC(=O)c1ccc(CN(N)C(=O)NN)cc1. The van der Waals surface area contributed by atoms with E-state index in [1.165, 1.54) is 0 Å².